The third-order valence-corrected chi connectivity index (χ3v) is 4.38. The van der Waals surface area contributed by atoms with Crippen LogP contribution in [0.5, 0.6) is 0 Å². The molecule has 0 bridgehead atoms. The van der Waals surface area contributed by atoms with Crippen LogP contribution < -0.4 is 0 Å². The molecular weight excluding hydrogens is 312 g/mol. The van der Waals surface area contributed by atoms with Crippen molar-refractivity contribution >= 4 is 5.65 Å². The first-order chi connectivity index (χ1) is 11.9. The van der Waals surface area contributed by atoms with Crippen molar-refractivity contribution in [2.45, 2.75) is 45.6 Å². The molecule has 0 aliphatic heterocycles. The average Bonchev–Trinajstić information content (AvgIpc) is 3.05. The molecule has 0 aliphatic rings. The van der Waals surface area contributed by atoms with Crippen molar-refractivity contribution in [1.29, 1.82) is 5.26 Å². The molecule has 2 heterocycles. The molecule has 3 rings (SSSR count). The molecular formula is C20H22N4O. The number of aliphatic hydroxyl groups is 1. The van der Waals surface area contributed by atoms with Crippen molar-refractivity contribution in [3.63, 3.8) is 0 Å². The van der Waals surface area contributed by atoms with Crippen LogP contribution >= 0.6 is 0 Å². The van der Waals surface area contributed by atoms with E-state index in [0.717, 1.165) is 33.7 Å². The molecule has 0 aliphatic carbocycles. The Morgan fingerprint density at radius 2 is 1.96 bits per heavy atom. The molecule has 25 heavy (non-hydrogen) atoms. The largest absolute Gasteiger partial charge is 0.392 e. The van der Waals surface area contributed by atoms with Gasteiger partial charge in [0.15, 0.2) is 11.5 Å². The Hall–Kier alpha value is -2.71. The van der Waals surface area contributed by atoms with Gasteiger partial charge in [-0.15, -0.1) is 0 Å². The van der Waals surface area contributed by atoms with E-state index < -0.39 is 5.41 Å². The zero-order valence-corrected chi connectivity index (χ0v) is 15.0. The number of aromatic nitrogens is 3. The van der Waals surface area contributed by atoms with E-state index in [-0.39, 0.29) is 12.5 Å². The Labute approximate surface area is 147 Å². The first-order valence-electron chi connectivity index (χ1n) is 8.38. The van der Waals surface area contributed by atoms with E-state index >= 15 is 0 Å². The second kappa shape index (κ2) is 6.30. The molecule has 0 fully saturated rings. The van der Waals surface area contributed by atoms with Gasteiger partial charge < -0.3 is 5.11 Å². The maximum absolute atomic E-state index is 9.65. The van der Waals surface area contributed by atoms with Gasteiger partial charge in [0.1, 0.15) is 0 Å². The van der Waals surface area contributed by atoms with E-state index in [1.165, 1.54) is 0 Å². The van der Waals surface area contributed by atoms with Crippen LogP contribution in [0.4, 0.5) is 0 Å². The number of hydrogen-bond donors (Lipinski definition) is 1. The molecule has 0 atom stereocenters. The maximum atomic E-state index is 9.65. The van der Waals surface area contributed by atoms with Crippen molar-refractivity contribution in [3.8, 4) is 17.2 Å². The van der Waals surface area contributed by atoms with Crippen LogP contribution in [0.2, 0.25) is 0 Å². The van der Waals surface area contributed by atoms with E-state index in [4.69, 9.17) is 4.98 Å². The zero-order chi connectivity index (χ0) is 18.2. The molecule has 0 unspecified atom stereocenters. The maximum Gasteiger partial charge on any atom is 0.163 e. The van der Waals surface area contributed by atoms with Gasteiger partial charge in [-0.25, -0.2) is 9.50 Å². The molecule has 5 nitrogen and oxygen atoms in total. The van der Waals surface area contributed by atoms with Gasteiger partial charge in [-0.05, 0) is 36.6 Å². The van der Waals surface area contributed by atoms with Gasteiger partial charge in [0, 0.05) is 17.7 Å². The standard InChI is InChI=1S/C20H22N4O/c1-13(2)18-22-19-16(9-14(11-25)10-24(19)23-18)15-7-5-6-8-17(15)20(3,4)12-21/h5-10,13,25H,11H2,1-4H3. The fraction of sp³-hybridized carbons (Fsp3) is 0.350. The molecule has 1 N–H and O–H groups in total. The number of fused-ring (bicyclic) bond motifs is 1. The topological polar surface area (TPSA) is 74.2 Å². The minimum atomic E-state index is -0.635. The summed E-state index contributed by atoms with van der Waals surface area (Å²) in [6, 6.07) is 12.2. The smallest absolute Gasteiger partial charge is 0.163 e. The molecule has 5 heteroatoms. The van der Waals surface area contributed by atoms with Crippen molar-refractivity contribution in [1.82, 2.24) is 14.6 Å². The van der Waals surface area contributed by atoms with Gasteiger partial charge in [0.2, 0.25) is 0 Å². The van der Waals surface area contributed by atoms with Gasteiger partial charge in [0.05, 0.1) is 18.1 Å². The molecule has 0 saturated heterocycles. The highest BCUT2D eigenvalue weighted by molar-refractivity contribution is 5.81. The van der Waals surface area contributed by atoms with Gasteiger partial charge in [-0.3, -0.25) is 0 Å². The molecule has 0 amide bonds. The number of pyridine rings is 1. The van der Waals surface area contributed by atoms with Crippen LogP contribution in [0.3, 0.4) is 0 Å². The predicted octanol–water partition coefficient (Wildman–Crippen LogP) is 3.81. The minimum absolute atomic E-state index is 0.0797. The molecule has 3 aromatic rings. The van der Waals surface area contributed by atoms with Crippen LogP contribution in [0.25, 0.3) is 16.8 Å². The van der Waals surface area contributed by atoms with Crippen molar-refractivity contribution in [3.05, 3.63) is 53.5 Å². The fourth-order valence-corrected chi connectivity index (χ4v) is 2.91. The number of benzene rings is 1. The summed E-state index contributed by atoms with van der Waals surface area (Å²) in [6.07, 6.45) is 1.80. The highest BCUT2D eigenvalue weighted by atomic mass is 16.3. The third-order valence-electron chi connectivity index (χ3n) is 4.38. The highest BCUT2D eigenvalue weighted by Crippen LogP contribution is 2.35. The fourth-order valence-electron chi connectivity index (χ4n) is 2.91. The summed E-state index contributed by atoms with van der Waals surface area (Å²) in [5.41, 5.74) is 3.61. The van der Waals surface area contributed by atoms with Gasteiger partial charge >= 0.3 is 0 Å². The van der Waals surface area contributed by atoms with Crippen LogP contribution in [0.1, 0.15) is 50.6 Å². The zero-order valence-electron chi connectivity index (χ0n) is 15.0. The molecule has 0 radical (unpaired) electrons. The number of nitrogens with zero attached hydrogens (tertiary/aromatic N) is 4. The van der Waals surface area contributed by atoms with E-state index in [0.29, 0.717) is 0 Å². The lowest BCUT2D eigenvalue weighted by Gasteiger charge is -2.20. The van der Waals surface area contributed by atoms with Crippen molar-refractivity contribution < 1.29 is 5.11 Å². The lowest BCUT2D eigenvalue weighted by Crippen LogP contribution is -2.15. The quantitative estimate of drug-likeness (QED) is 0.787. The second-order valence-electron chi connectivity index (χ2n) is 7.10. The monoisotopic (exact) mass is 334 g/mol. The van der Waals surface area contributed by atoms with Crippen molar-refractivity contribution in [2.24, 2.45) is 0 Å². The lowest BCUT2D eigenvalue weighted by atomic mass is 9.81. The summed E-state index contributed by atoms with van der Waals surface area (Å²) >= 11 is 0. The molecule has 0 spiro atoms. The normalized spacial score (nSPS) is 11.9. The second-order valence-corrected chi connectivity index (χ2v) is 7.10. The van der Waals surface area contributed by atoms with E-state index in [1.807, 2.05) is 58.0 Å². The molecule has 1 aromatic carbocycles. The summed E-state index contributed by atoms with van der Waals surface area (Å²) < 4.78 is 1.73. The van der Waals surface area contributed by atoms with E-state index in [2.05, 4.69) is 11.2 Å². The summed E-state index contributed by atoms with van der Waals surface area (Å²) in [5, 5.41) is 23.8. The minimum Gasteiger partial charge on any atom is -0.392 e. The third kappa shape index (κ3) is 3.01. The van der Waals surface area contributed by atoms with E-state index in [1.54, 1.807) is 10.7 Å². The molecule has 0 saturated carbocycles. The Bertz CT molecular complexity index is 963. The average molecular weight is 334 g/mol. The van der Waals surface area contributed by atoms with E-state index in [9.17, 15) is 10.4 Å². The van der Waals surface area contributed by atoms with Gasteiger partial charge in [-0.2, -0.15) is 10.4 Å². The Morgan fingerprint density at radius 3 is 2.60 bits per heavy atom. The Balaban J connectivity index is 2.35. The van der Waals surface area contributed by atoms with Gasteiger partial charge in [-0.1, -0.05) is 38.1 Å². The number of aliphatic hydroxyl groups excluding tert-OH is 1. The predicted molar refractivity (Wildman–Crippen MR) is 97.1 cm³/mol. The summed E-state index contributed by atoms with van der Waals surface area (Å²) in [4.78, 5) is 4.70. The SMILES string of the molecule is CC(C)c1nc2c(-c3ccccc3C(C)(C)C#N)cc(CO)cn2n1. The number of rotatable bonds is 4. The summed E-state index contributed by atoms with van der Waals surface area (Å²) in [5.74, 6) is 0.962. The summed E-state index contributed by atoms with van der Waals surface area (Å²) in [6.45, 7) is 7.83. The molecule has 2 aromatic heterocycles. The molecule has 128 valence electrons. The summed E-state index contributed by atoms with van der Waals surface area (Å²) in [7, 11) is 0. The van der Waals surface area contributed by atoms with Crippen LogP contribution in [0.15, 0.2) is 36.5 Å². The Kier molecular flexibility index (Phi) is 4.32. The lowest BCUT2D eigenvalue weighted by molar-refractivity contribution is 0.281. The number of hydrogen-bond acceptors (Lipinski definition) is 4. The first kappa shape index (κ1) is 17.1. The van der Waals surface area contributed by atoms with Crippen molar-refractivity contribution in [2.75, 3.05) is 0 Å². The number of nitriles is 1. The van der Waals surface area contributed by atoms with Gasteiger partial charge in [0.25, 0.3) is 0 Å². The van der Waals surface area contributed by atoms with Crippen LogP contribution in [-0.2, 0) is 12.0 Å². The van der Waals surface area contributed by atoms with Crippen LogP contribution in [-0.4, -0.2) is 19.7 Å². The van der Waals surface area contributed by atoms with Crippen LogP contribution in [0, 0.1) is 11.3 Å². The first-order valence-corrected chi connectivity index (χ1v) is 8.38. The highest BCUT2D eigenvalue weighted by Gasteiger charge is 2.25. The Morgan fingerprint density at radius 1 is 1.24 bits per heavy atom.